The van der Waals surface area contributed by atoms with Crippen LogP contribution in [0.5, 0.6) is 0 Å². The fourth-order valence-corrected chi connectivity index (χ4v) is 2.39. The van der Waals surface area contributed by atoms with Crippen molar-refractivity contribution in [3.63, 3.8) is 0 Å². The van der Waals surface area contributed by atoms with Crippen LogP contribution in [-0.4, -0.2) is 27.9 Å². The van der Waals surface area contributed by atoms with E-state index >= 15 is 0 Å². The third-order valence-electron chi connectivity index (χ3n) is 3.68. The molecule has 0 radical (unpaired) electrons. The Morgan fingerprint density at radius 3 is 2.61 bits per heavy atom. The summed E-state index contributed by atoms with van der Waals surface area (Å²) in [5.41, 5.74) is 0.453. The molecule has 102 valence electrons. The van der Waals surface area contributed by atoms with Crippen LogP contribution < -0.4 is 5.32 Å². The Hall–Kier alpha value is -0.900. The van der Waals surface area contributed by atoms with Gasteiger partial charge in [0, 0.05) is 19.0 Å². The minimum Gasteiger partial charge on any atom is -0.316 e. The van der Waals surface area contributed by atoms with Gasteiger partial charge in [-0.2, -0.15) is 5.10 Å². The normalized spacial score (nSPS) is 17.7. The Kier molecular flexibility index (Phi) is 4.05. The lowest BCUT2D eigenvalue weighted by molar-refractivity contribution is 0.404. The van der Waals surface area contributed by atoms with E-state index in [1.54, 1.807) is 6.33 Å². The Morgan fingerprint density at radius 1 is 1.33 bits per heavy atom. The van der Waals surface area contributed by atoms with Crippen molar-refractivity contribution in [1.82, 2.24) is 20.1 Å². The highest BCUT2D eigenvalue weighted by Crippen LogP contribution is 2.47. The van der Waals surface area contributed by atoms with Crippen molar-refractivity contribution in [2.75, 3.05) is 13.1 Å². The lowest BCUT2D eigenvalue weighted by atomic mass is 10.0. The van der Waals surface area contributed by atoms with Crippen LogP contribution in [0, 0.1) is 11.3 Å². The van der Waals surface area contributed by atoms with Crippen molar-refractivity contribution in [2.24, 2.45) is 11.3 Å². The summed E-state index contributed by atoms with van der Waals surface area (Å²) in [6, 6.07) is 0.405. The van der Waals surface area contributed by atoms with Crippen LogP contribution in [0.2, 0.25) is 0 Å². The van der Waals surface area contributed by atoms with Gasteiger partial charge in [0.05, 0.1) is 0 Å². The highest BCUT2D eigenvalue weighted by molar-refractivity contribution is 5.03. The largest absolute Gasteiger partial charge is 0.316 e. The zero-order chi connectivity index (χ0) is 13.2. The summed E-state index contributed by atoms with van der Waals surface area (Å²) < 4.78 is 2.06. The van der Waals surface area contributed by atoms with Crippen molar-refractivity contribution in [3.05, 3.63) is 12.2 Å². The molecule has 4 nitrogen and oxygen atoms in total. The molecule has 1 saturated carbocycles. The predicted molar refractivity (Wildman–Crippen MR) is 73.5 cm³/mol. The van der Waals surface area contributed by atoms with E-state index in [1.807, 2.05) is 0 Å². The van der Waals surface area contributed by atoms with Gasteiger partial charge in [0.1, 0.15) is 12.2 Å². The van der Waals surface area contributed by atoms with E-state index in [4.69, 9.17) is 0 Å². The van der Waals surface area contributed by atoms with Gasteiger partial charge < -0.3 is 5.32 Å². The molecule has 1 aliphatic rings. The van der Waals surface area contributed by atoms with Crippen LogP contribution in [-0.2, 0) is 6.42 Å². The van der Waals surface area contributed by atoms with E-state index in [0.717, 1.165) is 31.3 Å². The van der Waals surface area contributed by atoms with Gasteiger partial charge >= 0.3 is 0 Å². The van der Waals surface area contributed by atoms with Crippen LogP contribution in [0.1, 0.15) is 52.4 Å². The molecule has 0 atom stereocenters. The van der Waals surface area contributed by atoms with Gasteiger partial charge in [-0.25, -0.2) is 9.67 Å². The molecular weight excluding hydrogens is 224 g/mol. The van der Waals surface area contributed by atoms with Crippen molar-refractivity contribution in [1.29, 1.82) is 0 Å². The van der Waals surface area contributed by atoms with E-state index in [1.165, 1.54) is 12.8 Å². The highest BCUT2D eigenvalue weighted by Gasteiger charge is 2.43. The molecule has 0 aromatic carbocycles. The van der Waals surface area contributed by atoms with Gasteiger partial charge in [-0.1, -0.05) is 13.8 Å². The second-order valence-corrected chi connectivity index (χ2v) is 6.42. The van der Waals surface area contributed by atoms with Crippen LogP contribution >= 0.6 is 0 Å². The van der Waals surface area contributed by atoms with Crippen LogP contribution in [0.4, 0.5) is 0 Å². The number of nitrogens with zero attached hydrogens (tertiary/aromatic N) is 3. The van der Waals surface area contributed by atoms with E-state index in [-0.39, 0.29) is 0 Å². The van der Waals surface area contributed by atoms with Crippen LogP contribution in [0.25, 0.3) is 0 Å². The Bertz CT molecular complexity index is 377. The molecule has 0 unspecified atom stereocenters. The second-order valence-electron chi connectivity index (χ2n) is 6.42. The third-order valence-corrected chi connectivity index (χ3v) is 3.68. The monoisotopic (exact) mass is 250 g/mol. The van der Waals surface area contributed by atoms with Gasteiger partial charge in [0.15, 0.2) is 0 Å². The van der Waals surface area contributed by atoms with Gasteiger partial charge in [-0.05, 0) is 44.6 Å². The number of hydrogen-bond acceptors (Lipinski definition) is 3. The summed E-state index contributed by atoms with van der Waals surface area (Å²) in [5, 5.41) is 7.91. The maximum atomic E-state index is 4.43. The molecule has 1 aliphatic carbocycles. The molecule has 0 amide bonds. The smallest absolute Gasteiger partial charge is 0.138 e. The van der Waals surface area contributed by atoms with Gasteiger partial charge in [-0.3, -0.25) is 0 Å². The maximum Gasteiger partial charge on any atom is 0.138 e. The molecule has 1 fully saturated rings. The molecule has 1 aromatic rings. The molecule has 1 aromatic heterocycles. The quantitative estimate of drug-likeness (QED) is 0.808. The zero-order valence-corrected chi connectivity index (χ0v) is 12.1. The predicted octanol–water partition coefficient (Wildman–Crippen LogP) is 2.43. The number of rotatable bonds is 7. The van der Waals surface area contributed by atoms with E-state index in [0.29, 0.717) is 11.5 Å². The Labute approximate surface area is 110 Å². The van der Waals surface area contributed by atoms with E-state index < -0.39 is 0 Å². The van der Waals surface area contributed by atoms with Crippen LogP contribution in [0.3, 0.4) is 0 Å². The summed E-state index contributed by atoms with van der Waals surface area (Å²) in [5.74, 6) is 1.87. The first-order chi connectivity index (χ1) is 8.52. The molecule has 0 spiro atoms. The summed E-state index contributed by atoms with van der Waals surface area (Å²) in [6.07, 6.45) is 5.40. The van der Waals surface area contributed by atoms with Crippen molar-refractivity contribution in [2.45, 2.75) is 53.0 Å². The first-order valence-electron chi connectivity index (χ1n) is 7.11. The summed E-state index contributed by atoms with van der Waals surface area (Å²) >= 11 is 0. The number of nitrogens with one attached hydrogen (secondary N) is 1. The third kappa shape index (κ3) is 3.31. The fraction of sp³-hybridized carbons (Fsp3) is 0.857. The summed E-state index contributed by atoms with van der Waals surface area (Å²) in [4.78, 5) is 4.43. The highest BCUT2D eigenvalue weighted by atomic mass is 15.3. The summed E-state index contributed by atoms with van der Waals surface area (Å²) in [7, 11) is 0. The lowest BCUT2D eigenvalue weighted by Crippen LogP contribution is -2.29. The average Bonchev–Trinajstić information content (AvgIpc) is 2.87. The Balaban J connectivity index is 1.90. The number of hydrogen-bond donors (Lipinski definition) is 1. The minimum absolute atomic E-state index is 0.405. The minimum atomic E-state index is 0.405. The average molecular weight is 250 g/mol. The topological polar surface area (TPSA) is 42.7 Å². The molecule has 0 aliphatic heterocycles. The van der Waals surface area contributed by atoms with Crippen LogP contribution in [0.15, 0.2) is 6.33 Å². The number of aromatic nitrogens is 3. The first kappa shape index (κ1) is 13.5. The van der Waals surface area contributed by atoms with Gasteiger partial charge in [0.25, 0.3) is 0 Å². The summed E-state index contributed by atoms with van der Waals surface area (Å²) in [6.45, 7) is 11.1. The SMILES string of the molecule is CC(C)CNCC1(Cc2ncnn2C(C)C)CC1. The zero-order valence-electron chi connectivity index (χ0n) is 12.1. The van der Waals surface area contributed by atoms with Crippen molar-refractivity contribution >= 4 is 0 Å². The molecule has 2 rings (SSSR count). The molecule has 1 N–H and O–H groups in total. The standard InChI is InChI=1S/C14H26N4/c1-11(2)8-15-9-14(5-6-14)7-13-16-10-17-18(13)12(3)4/h10-12,15H,5-9H2,1-4H3. The van der Waals surface area contributed by atoms with E-state index in [9.17, 15) is 0 Å². The van der Waals surface area contributed by atoms with E-state index in [2.05, 4.69) is 47.8 Å². The molecule has 18 heavy (non-hydrogen) atoms. The van der Waals surface area contributed by atoms with Crippen molar-refractivity contribution in [3.8, 4) is 0 Å². The molecule has 0 saturated heterocycles. The second kappa shape index (κ2) is 5.39. The molecular formula is C14H26N4. The maximum absolute atomic E-state index is 4.43. The van der Waals surface area contributed by atoms with Gasteiger partial charge in [-0.15, -0.1) is 0 Å². The lowest BCUT2D eigenvalue weighted by Gasteiger charge is -2.18. The molecule has 1 heterocycles. The molecule has 4 heteroatoms. The fourth-order valence-electron chi connectivity index (χ4n) is 2.39. The van der Waals surface area contributed by atoms with Crippen molar-refractivity contribution < 1.29 is 0 Å². The molecule has 0 bridgehead atoms. The Morgan fingerprint density at radius 2 is 2.06 bits per heavy atom. The van der Waals surface area contributed by atoms with Gasteiger partial charge in [0.2, 0.25) is 0 Å². The first-order valence-corrected chi connectivity index (χ1v) is 7.11.